The summed E-state index contributed by atoms with van der Waals surface area (Å²) in [5, 5.41) is 0. The van der Waals surface area contributed by atoms with E-state index in [4.69, 9.17) is 5.73 Å². The number of nitrogens with two attached hydrogens (primary N) is 1. The summed E-state index contributed by atoms with van der Waals surface area (Å²) in [6, 6.07) is 3.31. The summed E-state index contributed by atoms with van der Waals surface area (Å²) in [7, 11) is 0. The Kier molecular flexibility index (Phi) is 3.36. The number of benzene rings is 1. The normalized spacial score (nSPS) is 19.0. The molecule has 0 unspecified atom stereocenters. The molecular formula is C13H17BrFN. The summed E-state index contributed by atoms with van der Waals surface area (Å²) in [5.74, 6) is -0.104. The van der Waals surface area contributed by atoms with Crippen LogP contribution in [-0.4, -0.2) is 6.54 Å². The molecule has 0 atom stereocenters. The maximum Gasteiger partial charge on any atom is 0.127 e. The first-order chi connectivity index (χ1) is 7.60. The van der Waals surface area contributed by atoms with Crippen LogP contribution in [0.1, 0.15) is 36.8 Å². The van der Waals surface area contributed by atoms with Gasteiger partial charge in [0.1, 0.15) is 5.82 Å². The second-order valence-corrected chi connectivity index (χ2v) is 5.58. The standard InChI is InChI=1S/C13H17BrFN/c1-9-10(14)4-5-11(15)12(9)13(8-16)6-2-3-7-13/h4-5H,2-3,6-8,16H2,1H3. The second kappa shape index (κ2) is 4.46. The monoisotopic (exact) mass is 285 g/mol. The maximum atomic E-state index is 14.0. The van der Waals surface area contributed by atoms with Crippen LogP contribution in [0.2, 0.25) is 0 Å². The molecule has 3 heteroatoms. The molecule has 1 fully saturated rings. The molecule has 2 rings (SSSR count). The summed E-state index contributed by atoms with van der Waals surface area (Å²) >= 11 is 3.47. The van der Waals surface area contributed by atoms with Crippen LogP contribution in [0.3, 0.4) is 0 Å². The van der Waals surface area contributed by atoms with E-state index in [2.05, 4.69) is 15.9 Å². The first kappa shape index (κ1) is 12.1. The third-order valence-electron chi connectivity index (χ3n) is 3.83. The summed E-state index contributed by atoms with van der Waals surface area (Å²) in [4.78, 5) is 0. The largest absolute Gasteiger partial charge is 0.330 e. The van der Waals surface area contributed by atoms with Gasteiger partial charge in [0, 0.05) is 16.4 Å². The molecule has 1 aromatic rings. The van der Waals surface area contributed by atoms with Crippen LogP contribution in [-0.2, 0) is 5.41 Å². The van der Waals surface area contributed by atoms with E-state index in [1.54, 1.807) is 12.1 Å². The van der Waals surface area contributed by atoms with Gasteiger partial charge in [-0.25, -0.2) is 4.39 Å². The maximum absolute atomic E-state index is 14.0. The quantitative estimate of drug-likeness (QED) is 0.882. The summed E-state index contributed by atoms with van der Waals surface area (Å²) in [6.07, 6.45) is 4.33. The molecule has 1 aliphatic rings. The molecule has 1 nitrogen and oxygen atoms in total. The predicted molar refractivity (Wildman–Crippen MR) is 68.0 cm³/mol. The van der Waals surface area contributed by atoms with E-state index in [0.717, 1.165) is 41.3 Å². The van der Waals surface area contributed by atoms with Crippen molar-refractivity contribution in [3.8, 4) is 0 Å². The van der Waals surface area contributed by atoms with Crippen LogP contribution < -0.4 is 5.73 Å². The van der Waals surface area contributed by atoms with Gasteiger partial charge in [-0.2, -0.15) is 0 Å². The van der Waals surface area contributed by atoms with Crippen molar-refractivity contribution in [1.29, 1.82) is 0 Å². The van der Waals surface area contributed by atoms with Gasteiger partial charge in [0.15, 0.2) is 0 Å². The summed E-state index contributed by atoms with van der Waals surface area (Å²) in [6.45, 7) is 2.51. The molecule has 0 bridgehead atoms. The SMILES string of the molecule is Cc1c(Br)ccc(F)c1C1(CN)CCCC1. The van der Waals surface area contributed by atoms with E-state index in [0.29, 0.717) is 6.54 Å². The van der Waals surface area contributed by atoms with Gasteiger partial charge in [-0.1, -0.05) is 28.8 Å². The van der Waals surface area contributed by atoms with Gasteiger partial charge in [0.25, 0.3) is 0 Å². The molecule has 1 aliphatic carbocycles. The number of hydrogen-bond acceptors (Lipinski definition) is 1. The molecule has 16 heavy (non-hydrogen) atoms. The van der Waals surface area contributed by atoms with Crippen LogP contribution in [0.4, 0.5) is 4.39 Å². The Balaban J connectivity index is 2.57. The molecule has 0 radical (unpaired) electrons. The average Bonchev–Trinajstić information content (AvgIpc) is 2.74. The number of rotatable bonds is 2. The van der Waals surface area contributed by atoms with E-state index in [9.17, 15) is 4.39 Å². The van der Waals surface area contributed by atoms with Crippen molar-refractivity contribution in [2.75, 3.05) is 6.54 Å². The van der Waals surface area contributed by atoms with E-state index in [1.165, 1.54) is 0 Å². The van der Waals surface area contributed by atoms with Crippen LogP contribution in [0.15, 0.2) is 16.6 Å². The lowest BCUT2D eigenvalue weighted by Gasteiger charge is -2.30. The molecule has 0 heterocycles. The van der Waals surface area contributed by atoms with Gasteiger partial charge in [0.2, 0.25) is 0 Å². The minimum absolute atomic E-state index is 0.104. The highest BCUT2D eigenvalue weighted by Gasteiger charge is 2.37. The molecule has 0 amide bonds. The highest BCUT2D eigenvalue weighted by Crippen LogP contribution is 2.43. The van der Waals surface area contributed by atoms with Crippen LogP contribution in [0, 0.1) is 12.7 Å². The van der Waals surface area contributed by atoms with Gasteiger partial charge in [-0.3, -0.25) is 0 Å². The molecule has 2 N–H and O–H groups in total. The average molecular weight is 286 g/mol. The van der Waals surface area contributed by atoms with E-state index in [-0.39, 0.29) is 11.2 Å². The van der Waals surface area contributed by atoms with Crippen LogP contribution >= 0.6 is 15.9 Å². The summed E-state index contributed by atoms with van der Waals surface area (Å²) in [5.41, 5.74) is 7.62. The Bertz CT molecular complexity index is 397. The summed E-state index contributed by atoms with van der Waals surface area (Å²) < 4.78 is 15.0. The van der Waals surface area contributed by atoms with Gasteiger partial charge in [-0.05, 0) is 43.0 Å². The topological polar surface area (TPSA) is 26.0 Å². The molecular weight excluding hydrogens is 269 g/mol. The third-order valence-corrected chi connectivity index (χ3v) is 4.69. The Morgan fingerprint density at radius 2 is 2.00 bits per heavy atom. The number of hydrogen-bond donors (Lipinski definition) is 1. The fourth-order valence-corrected chi connectivity index (χ4v) is 3.24. The first-order valence-corrected chi connectivity index (χ1v) is 6.55. The van der Waals surface area contributed by atoms with E-state index >= 15 is 0 Å². The van der Waals surface area contributed by atoms with Crippen molar-refractivity contribution in [2.45, 2.75) is 38.0 Å². The smallest absolute Gasteiger partial charge is 0.127 e. The third kappa shape index (κ3) is 1.80. The van der Waals surface area contributed by atoms with Crippen LogP contribution in [0.5, 0.6) is 0 Å². The molecule has 0 spiro atoms. The van der Waals surface area contributed by atoms with Crippen molar-refractivity contribution in [1.82, 2.24) is 0 Å². The molecule has 1 saturated carbocycles. The lowest BCUT2D eigenvalue weighted by molar-refractivity contribution is 0.424. The Labute approximate surface area is 104 Å². The molecule has 0 saturated heterocycles. The van der Waals surface area contributed by atoms with Gasteiger partial charge < -0.3 is 5.73 Å². The predicted octanol–water partition coefficient (Wildman–Crippen LogP) is 3.67. The van der Waals surface area contributed by atoms with Crippen molar-refractivity contribution >= 4 is 15.9 Å². The highest BCUT2D eigenvalue weighted by molar-refractivity contribution is 9.10. The van der Waals surface area contributed by atoms with Gasteiger partial charge in [-0.15, -0.1) is 0 Å². The lowest BCUT2D eigenvalue weighted by atomic mass is 9.76. The Hall–Kier alpha value is -0.410. The van der Waals surface area contributed by atoms with Crippen molar-refractivity contribution in [3.63, 3.8) is 0 Å². The Morgan fingerprint density at radius 1 is 1.38 bits per heavy atom. The zero-order valence-corrected chi connectivity index (χ0v) is 11.1. The van der Waals surface area contributed by atoms with Gasteiger partial charge in [0.05, 0.1) is 0 Å². The van der Waals surface area contributed by atoms with Crippen molar-refractivity contribution in [3.05, 3.63) is 33.5 Å². The Morgan fingerprint density at radius 3 is 2.56 bits per heavy atom. The molecule has 1 aromatic carbocycles. The minimum atomic E-state index is -0.127. The van der Waals surface area contributed by atoms with E-state index < -0.39 is 0 Å². The van der Waals surface area contributed by atoms with E-state index in [1.807, 2.05) is 6.92 Å². The van der Waals surface area contributed by atoms with Gasteiger partial charge >= 0.3 is 0 Å². The van der Waals surface area contributed by atoms with Crippen molar-refractivity contribution in [2.24, 2.45) is 5.73 Å². The van der Waals surface area contributed by atoms with Crippen molar-refractivity contribution < 1.29 is 4.39 Å². The second-order valence-electron chi connectivity index (χ2n) is 4.72. The minimum Gasteiger partial charge on any atom is -0.330 e. The zero-order chi connectivity index (χ0) is 11.8. The van der Waals surface area contributed by atoms with Crippen LogP contribution in [0.25, 0.3) is 0 Å². The fourth-order valence-electron chi connectivity index (χ4n) is 2.91. The molecule has 0 aliphatic heterocycles. The lowest BCUT2D eigenvalue weighted by Crippen LogP contribution is -2.34. The zero-order valence-electron chi connectivity index (χ0n) is 9.52. The fraction of sp³-hybridized carbons (Fsp3) is 0.538. The molecule has 88 valence electrons. The highest BCUT2D eigenvalue weighted by atomic mass is 79.9. The molecule has 0 aromatic heterocycles. The number of halogens is 2. The first-order valence-electron chi connectivity index (χ1n) is 5.76.